The summed E-state index contributed by atoms with van der Waals surface area (Å²) in [6.45, 7) is 7.83. The van der Waals surface area contributed by atoms with Gasteiger partial charge in [-0.25, -0.2) is 0 Å². The van der Waals surface area contributed by atoms with Gasteiger partial charge in [-0.15, -0.1) is 0 Å². The van der Waals surface area contributed by atoms with E-state index in [2.05, 4.69) is 36.7 Å². The molecule has 1 fully saturated rings. The highest BCUT2D eigenvalue weighted by Crippen LogP contribution is 2.29. The molecule has 1 aliphatic rings. The van der Waals surface area contributed by atoms with E-state index in [1.54, 1.807) is 0 Å². The zero-order chi connectivity index (χ0) is 9.84. The molecule has 0 aromatic carbocycles. The summed E-state index contributed by atoms with van der Waals surface area (Å²) in [7, 11) is 0. The lowest BCUT2D eigenvalue weighted by Crippen LogP contribution is -2.23. The fourth-order valence-electron chi connectivity index (χ4n) is 2.12. The molecular weight excluding hydrogens is 228 g/mol. The Balaban J connectivity index is 2.37. The minimum Gasteiger partial charge on any atom is -0.378 e. The molecule has 0 bridgehead atoms. The van der Waals surface area contributed by atoms with Crippen LogP contribution in [0.5, 0.6) is 0 Å². The van der Waals surface area contributed by atoms with Crippen molar-refractivity contribution in [2.24, 2.45) is 11.8 Å². The lowest BCUT2D eigenvalue weighted by atomic mass is 9.87. The highest BCUT2D eigenvalue weighted by Gasteiger charge is 2.25. The average molecular weight is 249 g/mol. The van der Waals surface area contributed by atoms with Crippen LogP contribution in [-0.2, 0) is 4.74 Å². The van der Waals surface area contributed by atoms with Crippen LogP contribution in [0.1, 0.15) is 40.0 Å². The van der Waals surface area contributed by atoms with Gasteiger partial charge in [0.05, 0.1) is 6.10 Å². The fourth-order valence-corrected chi connectivity index (χ4v) is 2.95. The fraction of sp³-hybridized carbons (Fsp3) is 1.00. The predicted molar refractivity (Wildman–Crippen MR) is 60.3 cm³/mol. The van der Waals surface area contributed by atoms with E-state index >= 15 is 0 Å². The normalized spacial score (nSPS) is 27.9. The molecule has 0 radical (unpaired) electrons. The van der Waals surface area contributed by atoms with Gasteiger partial charge in [0.25, 0.3) is 0 Å². The van der Waals surface area contributed by atoms with Crippen molar-refractivity contribution in [3.8, 4) is 0 Å². The first-order chi connectivity index (χ1) is 6.11. The highest BCUT2D eigenvalue weighted by molar-refractivity contribution is 9.09. The van der Waals surface area contributed by atoms with Gasteiger partial charge in [-0.1, -0.05) is 36.7 Å². The van der Waals surface area contributed by atoms with E-state index in [1.165, 1.54) is 19.3 Å². The summed E-state index contributed by atoms with van der Waals surface area (Å²) in [6.07, 6.45) is 4.28. The van der Waals surface area contributed by atoms with Gasteiger partial charge >= 0.3 is 0 Å². The number of hydrogen-bond acceptors (Lipinski definition) is 1. The summed E-state index contributed by atoms with van der Waals surface area (Å²) in [4.78, 5) is 0.608. The van der Waals surface area contributed by atoms with Gasteiger partial charge in [-0.3, -0.25) is 0 Å². The third-order valence-electron chi connectivity index (χ3n) is 3.01. The average Bonchev–Trinajstić information content (AvgIpc) is 2.50. The van der Waals surface area contributed by atoms with Crippen LogP contribution >= 0.6 is 15.9 Å². The molecule has 0 spiro atoms. The summed E-state index contributed by atoms with van der Waals surface area (Å²) in [6, 6.07) is 0. The second-order valence-corrected chi connectivity index (χ2v) is 5.90. The summed E-state index contributed by atoms with van der Waals surface area (Å²) in [5.41, 5.74) is 0. The second-order valence-electron chi connectivity index (χ2n) is 4.46. The molecule has 2 heteroatoms. The summed E-state index contributed by atoms with van der Waals surface area (Å²) >= 11 is 3.69. The van der Waals surface area contributed by atoms with E-state index in [1.807, 2.05) is 0 Å². The Hall–Kier alpha value is 0.440. The quantitative estimate of drug-likeness (QED) is 0.691. The van der Waals surface area contributed by atoms with Crippen LogP contribution in [0.3, 0.4) is 0 Å². The van der Waals surface area contributed by atoms with Crippen LogP contribution in [0.2, 0.25) is 0 Å². The maximum absolute atomic E-state index is 5.66. The Morgan fingerprint density at radius 2 is 2.08 bits per heavy atom. The molecule has 1 nitrogen and oxygen atoms in total. The molecule has 0 aliphatic carbocycles. The van der Waals surface area contributed by atoms with Crippen molar-refractivity contribution in [1.29, 1.82) is 0 Å². The largest absolute Gasteiger partial charge is 0.378 e. The number of alkyl halides is 1. The van der Waals surface area contributed by atoms with Crippen molar-refractivity contribution in [1.82, 2.24) is 0 Å². The van der Waals surface area contributed by atoms with Crippen molar-refractivity contribution >= 4 is 15.9 Å². The highest BCUT2D eigenvalue weighted by atomic mass is 79.9. The molecular formula is C11H21BrO. The number of halogens is 1. The number of ether oxygens (including phenoxy) is 1. The maximum atomic E-state index is 5.66. The first-order valence-corrected chi connectivity index (χ1v) is 6.28. The zero-order valence-electron chi connectivity index (χ0n) is 8.92. The van der Waals surface area contributed by atoms with Crippen LogP contribution in [0.25, 0.3) is 0 Å². The van der Waals surface area contributed by atoms with Gasteiger partial charge in [0, 0.05) is 11.4 Å². The van der Waals surface area contributed by atoms with Crippen molar-refractivity contribution in [3.05, 3.63) is 0 Å². The monoisotopic (exact) mass is 248 g/mol. The second kappa shape index (κ2) is 5.35. The molecule has 78 valence electrons. The molecule has 1 saturated heterocycles. The Labute approximate surface area is 90.4 Å². The molecule has 3 atom stereocenters. The first-order valence-electron chi connectivity index (χ1n) is 5.37. The molecule has 13 heavy (non-hydrogen) atoms. The molecule has 1 aliphatic heterocycles. The van der Waals surface area contributed by atoms with E-state index in [9.17, 15) is 0 Å². The molecule has 0 aromatic rings. The number of rotatable bonds is 4. The van der Waals surface area contributed by atoms with Crippen LogP contribution < -0.4 is 0 Å². The van der Waals surface area contributed by atoms with Crippen LogP contribution in [0.4, 0.5) is 0 Å². The first kappa shape index (κ1) is 11.5. The van der Waals surface area contributed by atoms with Crippen molar-refractivity contribution in [3.63, 3.8) is 0 Å². The molecule has 0 N–H and O–H groups in total. The zero-order valence-corrected chi connectivity index (χ0v) is 10.5. The topological polar surface area (TPSA) is 9.23 Å². The van der Waals surface area contributed by atoms with Crippen molar-refractivity contribution in [2.45, 2.75) is 51.0 Å². The lowest BCUT2D eigenvalue weighted by molar-refractivity contribution is 0.0825. The Morgan fingerprint density at radius 3 is 2.46 bits per heavy atom. The Bertz CT molecular complexity index is 131. The van der Waals surface area contributed by atoms with Gasteiger partial charge in [0.1, 0.15) is 0 Å². The van der Waals surface area contributed by atoms with Gasteiger partial charge in [0.2, 0.25) is 0 Å². The van der Waals surface area contributed by atoms with Crippen molar-refractivity contribution < 1.29 is 4.74 Å². The van der Waals surface area contributed by atoms with Gasteiger partial charge in [0.15, 0.2) is 0 Å². The van der Waals surface area contributed by atoms with Crippen LogP contribution in [-0.4, -0.2) is 17.5 Å². The lowest BCUT2D eigenvalue weighted by Gasteiger charge is -2.26. The van der Waals surface area contributed by atoms with E-state index in [0.717, 1.165) is 18.4 Å². The third kappa shape index (κ3) is 3.59. The number of hydrogen-bond donors (Lipinski definition) is 0. The summed E-state index contributed by atoms with van der Waals surface area (Å²) < 4.78 is 5.66. The smallest absolute Gasteiger partial charge is 0.0579 e. The third-order valence-corrected chi connectivity index (χ3v) is 3.68. The minimum atomic E-state index is 0.535. The predicted octanol–water partition coefficient (Wildman–Crippen LogP) is 3.61. The van der Waals surface area contributed by atoms with E-state index in [-0.39, 0.29) is 0 Å². The Kier molecular flexibility index (Phi) is 4.74. The summed E-state index contributed by atoms with van der Waals surface area (Å²) in [5, 5.41) is 0. The van der Waals surface area contributed by atoms with Gasteiger partial charge in [-0.05, 0) is 31.1 Å². The summed E-state index contributed by atoms with van der Waals surface area (Å²) in [5.74, 6) is 1.50. The molecule has 0 amide bonds. The van der Waals surface area contributed by atoms with Gasteiger partial charge in [-0.2, -0.15) is 0 Å². The SMILES string of the molecule is CC(C)C(CC1CCCO1)C(C)Br. The van der Waals surface area contributed by atoms with E-state index in [0.29, 0.717) is 10.9 Å². The van der Waals surface area contributed by atoms with Crippen LogP contribution in [0, 0.1) is 11.8 Å². The van der Waals surface area contributed by atoms with E-state index in [4.69, 9.17) is 4.74 Å². The van der Waals surface area contributed by atoms with E-state index < -0.39 is 0 Å². The van der Waals surface area contributed by atoms with Crippen molar-refractivity contribution in [2.75, 3.05) is 6.61 Å². The molecule has 1 heterocycles. The minimum absolute atomic E-state index is 0.535. The maximum Gasteiger partial charge on any atom is 0.0579 e. The molecule has 0 aromatic heterocycles. The van der Waals surface area contributed by atoms with Crippen LogP contribution in [0.15, 0.2) is 0 Å². The van der Waals surface area contributed by atoms with Gasteiger partial charge < -0.3 is 4.74 Å². The molecule has 0 saturated carbocycles. The molecule has 1 rings (SSSR count). The standard InChI is InChI=1S/C11H21BrO/c1-8(2)11(9(3)12)7-10-5-4-6-13-10/h8-11H,4-7H2,1-3H3. The molecule has 3 unspecified atom stereocenters. The Morgan fingerprint density at radius 1 is 1.38 bits per heavy atom.